The quantitative estimate of drug-likeness (QED) is 0.745. The number of ether oxygens (including phenoxy) is 1. The molecule has 3 aromatic rings. The van der Waals surface area contributed by atoms with Crippen molar-refractivity contribution in [2.75, 3.05) is 31.2 Å². The number of anilines is 1. The molecule has 2 aromatic heterocycles. The van der Waals surface area contributed by atoms with Crippen LogP contribution in [0.5, 0.6) is 0 Å². The van der Waals surface area contributed by atoms with E-state index in [0.717, 1.165) is 6.20 Å². The zero-order chi connectivity index (χ0) is 19.0. The number of aromatic nitrogens is 3. The summed E-state index contributed by atoms with van der Waals surface area (Å²) in [6, 6.07) is 5.88. The first kappa shape index (κ1) is 17.1. The molecule has 1 aliphatic heterocycles. The smallest absolute Gasteiger partial charge is 0.341 e. The maximum atomic E-state index is 14.4. The lowest BCUT2D eigenvalue weighted by atomic mass is 10.2. The summed E-state index contributed by atoms with van der Waals surface area (Å²) < 4.78 is 21.0. The molecule has 1 saturated heterocycles. The summed E-state index contributed by atoms with van der Waals surface area (Å²) in [5.74, 6) is -1.59. The highest BCUT2D eigenvalue weighted by Crippen LogP contribution is 2.21. The minimum atomic E-state index is -1.40. The van der Waals surface area contributed by atoms with Gasteiger partial charge in [-0.1, -0.05) is 12.1 Å². The molecule has 4 rings (SSSR count). The number of fused-ring (bicyclic) bond motifs is 1. The first-order valence-corrected chi connectivity index (χ1v) is 8.29. The molecule has 1 aromatic carbocycles. The van der Waals surface area contributed by atoms with Crippen molar-refractivity contribution >= 4 is 23.0 Å². The second-order valence-electron chi connectivity index (χ2n) is 6.01. The third kappa shape index (κ3) is 3.02. The van der Waals surface area contributed by atoms with Gasteiger partial charge < -0.3 is 14.7 Å². The van der Waals surface area contributed by atoms with E-state index in [9.17, 15) is 19.1 Å². The first-order valence-electron chi connectivity index (χ1n) is 8.29. The summed E-state index contributed by atoms with van der Waals surface area (Å²) in [6.07, 6.45) is 2.39. The Morgan fingerprint density at radius 2 is 1.96 bits per heavy atom. The SMILES string of the molecule is O=C(O)c1cn(-c2ccccc2F)c2nc(N3CCOCC3)ncc2c1=O. The third-order valence-corrected chi connectivity index (χ3v) is 4.37. The van der Waals surface area contributed by atoms with Gasteiger partial charge in [0.15, 0.2) is 5.65 Å². The molecule has 8 nitrogen and oxygen atoms in total. The van der Waals surface area contributed by atoms with Gasteiger partial charge in [-0.2, -0.15) is 4.98 Å². The van der Waals surface area contributed by atoms with E-state index >= 15 is 0 Å². The van der Waals surface area contributed by atoms with Crippen LogP contribution in [0.1, 0.15) is 10.4 Å². The molecule has 0 saturated carbocycles. The molecule has 0 atom stereocenters. The van der Waals surface area contributed by atoms with Crippen molar-refractivity contribution in [3.05, 3.63) is 58.3 Å². The number of halogens is 1. The van der Waals surface area contributed by atoms with Crippen LogP contribution in [0.4, 0.5) is 10.3 Å². The Hall–Kier alpha value is -3.33. The van der Waals surface area contributed by atoms with E-state index in [-0.39, 0.29) is 16.7 Å². The van der Waals surface area contributed by atoms with E-state index in [4.69, 9.17) is 4.74 Å². The second-order valence-corrected chi connectivity index (χ2v) is 6.01. The van der Waals surface area contributed by atoms with Crippen LogP contribution in [0.2, 0.25) is 0 Å². The van der Waals surface area contributed by atoms with Gasteiger partial charge in [0.2, 0.25) is 11.4 Å². The number of hydrogen-bond acceptors (Lipinski definition) is 6. The van der Waals surface area contributed by atoms with E-state index in [0.29, 0.717) is 32.3 Å². The van der Waals surface area contributed by atoms with E-state index in [2.05, 4.69) is 9.97 Å². The Balaban J connectivity index is 2.00. The van der Waals surface area contributed by atoms with Crippen molar-refractivity contribution in [2.45, 2.75) is 0 Å². The van der Waals surface area contributed by atoms with Gasteiger partial charge in [-0.15, -0.1) is 0 Å². The van der Waals surface area contributed by atoms with E-state index in [1.807, 2.05) is 4.90 Å². The predicted molar refractivity (Wildman–Crippen MR) is 95.1 cm³/mol. The standard InChI is InChI=1S/C18H15FN4O4/c19-13-3-1-2-4-14(13)23-10-12(17(25)26)15(24)11-9-20-18(21-16(11)23)22-5-7-27-8-6-22/h1-4,9-10H,5-8H2,(H,25,26). The van der Waals surface area contributed by atoms with E-state index in [1.165, 1.54) is 29.0 Å². The van der Waals surface area contributed by atoms with Gasteiger partial charge in [0.05, 0.1) is 24.3 Å². The summed E-state index contributed by atoms with van der Waals surface area (Å²) in [6.45, 7) is 2.23. The second kappa shape index (κ2) is 6.76. The lowest BCUT2D eigenvalue weighted by Crippen LogP contribution is -2.37. The summed E-state index contributed by atoms with van der Waals surface area (Å²) in [5.41, 5.74) is -0.949. The highest BCUT2D eigenvalue weighted by atomic mass is 19.1. The number of aromatic carboxylic acids is 1. The maximum Gasteiger partial charge on any atom is 0.341 e. The molecule has 0 spiro atoms. The number of morpholine rings is 1. The molecule has 1 fully saturated rings. The van der Waals surface area contributed by atoms with Gasteiger partial charge in [0.1, 0.15) is 11.4 Å². The monoisotopic (exact) mass is 370 g/mol. The van der Waals surface area contributed by atoms with Crippen LogP contribution in [-0.2, 0) is 4.74 Å². The third-order valence-electron chi connectivity index (χ3n) is 4.37. The molecule has 1 N–H and O–H groups in total. The number of pyridine rings is 1. The van der Waals surface area contributed by atoms with Gasteiger partial charge in [-0.3, -0.25) is 9.36 Å². The Labute approximate surface area is 152 Å². The highest BCUT2D eigenvalue weighted by molar-refractivity contribution is 5.92. The van der Waals surface area contributed by atoms with Crippen molar-refractivity contribution in [3.8, 4) is 5.69 Å². The number of nitrogens with zero attached hydrogens (tertiary/aromatic N) is 4. The zero-order valence-electron chi connectivity index (χ0n) is 14.1. The van der Waals surface area contributed by atoms with Crippen molar-refractivity contribution in [3.63, 3.8) is 0 Å². The van der Waals surface area contributed by atoms with Crippen molar-refractivity contribution in [1.29, 1.82) is 0 Å². The summed E-state index contributed by atoms with van der Waals surface area (Å²) >= 11 is 0. The summed E-state index contributed by atoms with van der Waals surface area (Å²) in [4.78, 5) is 34.5. The normalized spacial score (nSPS) is 14.5. The number of para-hydroxylation sites is 1. The van der Waals surface area contributed by atoms with Gasteiger partial charge in [-0.25, -0.2) is 14.2 Å². The topological polar surface area (TPSA) is 97.6 Å². The van der Waals surface area contributed by atoms with Gasteiger partial charge >= 0.3 is 5.97 Å². The fourth-order valence-electron chi connectivity index (χ4n) is 3.00. The largest absolute Gasteiger partial charge is 0.477 e. The molecule has 3 heterocycles. The molecule has 0 radical (unpaired) electrons. The van der Waals surface area contributed by atoms with Crippen LogP contribution < -0.4 is 10.3 Å². The number of carboxylic acid groups (broad SMARTS) is 1. The molecule has 1 aliphatic rings. The molecule has 0 unspecified atom stereocenters. The highest BCUT2D eigenvalue weighted by Gasteiger charge is 2.20. The van der Waals surface area contributed by atoms with Crippen LogP contribution in [0.3, 0.4) is 0 Å². The fraction of sp³-hybridized carbons (Fsp3) is 0.222. The maximum absolute atomic E-state index is 14.4. The minimum Gasteiger partial charge on any atom is -0.477 e. The molecule has 138 valence electrons. The lowest BCUT2D eigenvalue weighted by Gasteiger charge is -2.27. The van der Waals surface area contributed by atoms with E-state index < -0.39 is 22.8 Å². The first-order chi connectivity index (χ1) is 13.1. The van der Waals surface area contributed by atoms with Crippen LogP contribution in [0.15, 0.2) is 41.5 Å². The van der Waals surface area contributed by atoms with Crippen LogP contribution in [0.25, 0.3) is 16.7 Å². The molecule has 0 amide bonds. The molecular weight excluding hydrogens is 355 g/mol. The molecule has 27 heavy (non-hydrogen) atoms. The Morgan fingerprint density at radius 1 is 1.22 bits per heavy atom. The lowest BCUT2D eigenvalue weighted by molar-refractivity contribution is 0.0695. The minimum absolute atomic E-state index is 0.00941. The number of hydrogen-bond donors (Lipinski definition) is 1. The Bertz CT molecular complexity index is 1090. The van der Waals surface area contributed by atoms with E-state index in [1.54, 1.807) is 6.07 Å². The molecular formula is C18H15FN4O4. The number of carbonyl (C=O) groups is 1. The van der Waals surface area contributed by atoms with Crippen LogP contribution in [0, 0.1) is 5.82 Å². The van der Waals surface area contributed by atoms with Crippen LogP contribution in [-0.4, -0.2) is 51.9 Å². The summed E-state index contributed by atoms with van der Waals surface area (Å²) in [7, 11) is 0. The Morgan fingerprint density at radius 3 is 2.67 bits per heavy atom. The fourth-order valence-corrected chi connectivity index (χ4v) is 3.00. The number of carboxylic acids is 1. The Kier molecular flexibility index (Phi) is 4.28. The van der Waals surface area contributed by atoms with Crippen molar-refractivity contribution in [2.24, 2.45) is 0 Å². The average Bonchev–Trinajstić information content (AvgIpc) is 2.69. The number of benzene rings is 1. The summed E-state index contributed by atoms with van der Waals surface area (Å²) in [5, 5.41) is 9.36. The molecule has 0 bridgehead atoms. The number of rotatable bonds is 3. The zero-order valence-corrected chi connectivity index (χ0v) is 14.1. The van der Waals surface area contributed by atoms with Gasteiger partial charge in [0.25, 0.3) is 0 Å². The van der Waals surface area contributed by atoms with Crippen molar-refractivity contribution < 1.29 is 19.0 Å². The molecule has 0 aliphatic carbocycles. The molecule has 9 heteroatoms. The predicted octanol–water partition coefficient (Wildman–Crippen LogP) is 1.45. The van der Waals surface area contributed by atoms with Crippen molar-refractivity contribution in [1.82, 2.24) is 14.5 Å². The van der Waals surface area contributed by atoms with Crippen LogP contribution >= 0.6 is 0 Å². The van der Waals surface area contributed by atoms with Gasteiger partial charge in [0, 0.05) is 25.5 Å². The average molecular weight is 370 g/mol. The van der Waals surface area contributed by atoms with Gasteiger partial charge in [-0.05, 0) is 12.1 Å².